The van der Waals surface area contributed by atoms with E-state index in [0.717, 1.165) is 29.4 Å². The molecule has 0 spiro atoms. The van der Waals surface area contributed by atoms with Crippen LogP contribution in [0, 0.1) is 17.0 Å². The lowest BCUT2D eigenvalue weighted by Crippen LogP contribution is -1.97. The Balaban J connectivity index is 2.67. The largest absolute Gasteiger partial charge is 0.358 e. The van der Waals surface area contributed by atoms with E-state index >= 15 is 0 Å². The molecule has 1 heterocycles. The van der Waals surface area contributed by atoms with Gasteiger partial charge in [-0.2, -0.15) is 0 Å². The van der Waals surface area contributed by atoms with Crippen LogP contribution in [-0.2, 0) is 0 Å². The molecule has 4 heteroatoms. The molecule has 0 aliphatic carbocycles. The number of aryl methyl sites for hydroxylation is 1. The molecule has 0 bridgehead atoms. The van der Waals surface area contributed by atoms with Gasteiger partial charge in [0.05, 0.1) is 4.92 Å². The highest BCUT2D eigenvalue weighted by molar-refractivity contribution is 5.87. The number of hydrogen-bond acceptors (Lipinski definition) is 2. The molecule has 0 aliphatic rings. The van der Waals surface area contributed by atoms with E-state index in [0.29, 0.717) is 5.92 Å². The summed E-state index contributed by atoms with van der Waals surface area (Å²) in [6, 6.07) is 5.04. The first-order valence-electron chi connectivity index (χ1n) is 6.35. The summed E-state index contributed by atoms with van der Waals surface area (Å²) in [6.45, 7) is 6.35. The Labute approximate surface area is 106 Å². The standard InChI is InChI=1S/C14H18N2O2/c1-4-10(5-2)14-9(3)15-13-7-6-11(16(17)18)8-12(13)14/h6-8,10,15H,4-5H2,1-3H3. The minimum absolute atomic E-state index is 0.161. The van der Waals surface area contributed by atoms with E-state index in [4.69, 9.17) is 0 Å². The normalized spacial score (nSPS) is 11.3. The second-order valence-corrected chi connectivity index (χ2v) is 4.66. The number of nitro groups is 1. The predicted octanol–water partition coefficient (Wildman–Crippen LogP) is 4.29. The van der Waals surface area contributed by atoms with Crippen LogP contribution in [0.5, 0.6) is 0 Å². The number of nitrogens with zero attached hydrogens (tertiary/aromatic N) is 1. The molecule has 1 aromatic heterocycles. The first kappa shape index (κ1) is 12.6. The quantitative estimate of drug-likeness (QED) is 0.646. The van der Waals surface area contributed by atoms with Crippen molar-refractivity contribution in [2.24, 2.45) is 0 Å². The Morgan fingerprint density at radius 3 is 2.56 bits per heavy atom. The summed E-state index contributed by atoms with van der Waals surface area (Å²) in [6.07, 6.45) is 2.10. The van der Waals surface area contributed by atoms with Gasteiger partial charge in [-0.05, 0) is 37.3 Å². The molecule has 2 aromatic rings. The Morgan fingerprint density at radius 1 is 1.33 bits per heavy atom. The highest BCUT2D eigenvalue weighted by Gasteiger charge is 2.18. The van der Waals surface area contributed by atoms with Crippen LogP contribution in [0.1, 0.15) is 43.9 Å². The summed E-state index contributed by atoms with van der Waals surface area (Å²) in [4.78, 5) is 13.9. The van der Waals surface area contributed by atoms with Gasteiger partial charge in [-0.1, -0.05) is 13.8 Å². The van der Waals surface area contributed by atoms with Crippen LogP contribution in [0.4, 0.5) is 5.69 Å². The van der Waals surface area contributed by atoms with Gasteiger partial charge < -0.3 is 4.98 Å². The zero-order valence-electron chi connectivity index (χ0n) is 11.0. The van der Waals surface area contributed by atoms with E-state index in [9.17, 15) is 10.1 Å². The second-order valence-electron chi connectivity index (χ2n) is 4.66. The number of aromatic amines is 1. The van der Waals surface area contributed by atoms with Gasteiger partial charge in [0, 0.05) is 28.7 Å². The molecule has 4 nitrogen and oxygen atoms in total. The van der Waals surface area contributed by atoms with Gasteiger partial charge in [0.25, 0.3) is 5.69 Å². The number of hydrogen-bond donors (Lipinski definition) is 1. The number of H-pyrrole nitrogens is 1. The molecule has 0 amide bonds. The third-order valence-electron chi connectivity index (χ3n) is 3.62. The number of benzene rings is 1. The fraction of sp³-hybridized carbons (Fsp3) is 0.429. The molecule has 18 heavy (non-hydrogen) atoms. The SMILES string of the molecule is CCC(CC)c1c(C)[nH]c2ccc([N+](=O)[O-])cc12. The number of aromatic nitrogens is 1. The number of fused-ring (bicyclic) bond motifs is 1. The van der Waals surface area contributed by atoms with E-state index in [-0.39, 0.29) is 10.6 Å². The molecule has 1 N–H and O–H groups in total. The lowest BCUT2D eigenvalue weighted by Gasteiger charge is -2.12. The maximum atomic E-state index is 10.9. The van der Waals surface area contributed by atoms with Gasteiger partial charge in [0.1, 0.15) is 0 Å². The lowest BCUT2D eigenvalue weighted by atomic mass is 9.91. The summed E-state index contributed by atoms with van der Waals surface area (Å²) >= 11 is 0. The number of rotatable bonds is 4. The van der Waals surface area contributed by atoms with Gasteiger partial charge in [-0.15, -0.1) is 0 Å². The van der Waals surface area contributed by atoms with E-state index in [2.05, 4.69) is 18.8 Å². The Morgan fingerprint density at radius 2 is 2.00 bits per heavy atom. The summed E-state index contributed by atoms with van der Waals surface area (Å²) in [5.41, 5.74) is 3.51. The molecular weight excluding hydrogens is 228 g/mol. The Bertz CT molecular complexity index is 583. The molecule has 0 atom stereocenters. The minimum atomic E-state index is -0.335. The lowest BCUT2D eigenvalue weighted by molar-refractivity contribution is -0.384. The van der Waals surface area contributed by atoms with Crippen molar-refractivity contribution in [3.8, 4) is 0 Å². The van der Waals surface area contributed by atoms with Crippen LogP contribution in [0.2, 0.25) is 0 Å². The molecule has 0 aliphatic heterocycles. The summed E-state index contributed by atoms with van der Waals surface area (Å²) in [5.74, 6) is 0.459. The van der Waals surface area contributed by atoms with E-state index in [1.165, 1.54) is 5.56 Å². The predicted molar refractivity (Wildman–Crippen MR) is 73.0 cm³/mol. The summed E-state index contributed by atoms with van der Waals surface area (Å²) in [5, 5.41) is 11.9. The van der Waals surface area contributed by atoms with Crippen molar-refractivity contribution in [1.29, 1.82) is 0 Å². The average Bonchev–Trinajstić information content (AvgIpc) is 2.67. The molecule has 0 saturated carbocycles. The van der Waals surface area contributed by atoms with Crippen molar-refractivity contribution in [3.63, 3.8) is 0 Å². The summed E-state index contributed by atoms with van der Waals surface area (Å²) < 4.78 is 0. The first-order chi connectivity index (χ1) is 8.58. The monoisotopic (exact) mass is 246 g/mol. The van der Waals surface area contributed by atoms with Gasteiger partial charge in [0.15, 0.2) is 0 Å². The van der Waals surface area contributed by atoms with Crippen molar-refractivity contribution in [2.45, 2.75) is 39.5 Å². The van der Waals surface area contributed by atoms with Gasteiger partial charge >= 0.3 is 0 Å². The molecule has 0 radical (unpaired) electrons. The number of non-ortho nitro benzene ring substituents is 1. The second kappa shape index (κ2) is 4.80. The van der Waals surface area contributed by atoms with Crippen LogP contribution >= 0.6 is 0 Å². The minimum Gasteiger partial charge on any atom is -0.358 e. The molecule has 0 fully saturated rings. The smallest absolute Gasteiger partial charge is 0.270 e. The topological polar surface area (TPSA) is 58.9 Å². The number of nitrogens with one attached hydrogen (secondary N) is 1. The van der Waals surface area contributed by atoms with Crippen molar-refractivity contribution >= 4 is 16.6 Å². The van der Waals surface area contributed by atoms with E-state index in [1.54, 1.807) is 18.2 Å². The fourth-order valence-corrected chi connectivity index (χ4v) is 2.67. The zero-order valence-corrected chi connectivity index (χ0v) is 11.0. The molecule has 0 unspecified atom stereocenters. The van der Waals surface area contributed by atoms with Crippen LogP contribution < -0.4 is 0 Å². The third-order valence-corrected chi connectivity index (χ3v) is 3.62. The summed E-state index contributed by atoms with van der Waals surface area (Å²) in [7, 11) is 0. The Kier molecular flexibility index (Phi) is 3.36. The Hall–Kier alpha value is -1.84. The fourth-order valence-electron chi connectivity index (χ4n) is 2.67. The van der Waals surface area contributed by atoms with Crippen LogP contribution in [-0.4, -0.2) is 9.91 Å². The van der Waals surface area contributed by atoms with Crippen molar-refractivity contribution in [3.05, 3.63) is 39.6 Å². The molecule has 1 aromatic carbocycles. The van der Waals surface area contributed by atoms with Crippen LogP contribution in [0.15, 0.2) is 18.2 Å². The molecular formula is C14H18N2O2. The zero-order chi connectivity index (χ0) is 13.3. The van der Waals surface area contributed by atoms with Crippen molar-refractivity contribution in [1.82, 2.24) is 4.98 Å². The molecule has 96 valence electrons. The highest BCUT2D eigenvalue weighted by Crippen LogP contribution is 2.34. The van der Waals surface area contributed by atoms with E-state index < -0.39 is 0 Å². The maximum Gasteiger partial charge on any atom is 0.270 e. The van der Waals surface area contributed by atoms with Crippen molar-refractivity contribution in [2.75, 3.05) is 0 Å². The first-order valence-corrected chi connectivity index (χ1v) is 6.35. The van der Waals surface area contributed by atoms with Crippen LogP contribution in [0.25, 0.3) is 10.9 Å². The average molecular weight is 246 g/mol. The van der Waals surface area contributed by atoms with Gasteiger partial charge in [-0.3, -0.25) is 10.1 Å². The maximum absolute atomic E-state index is 10.9. The van der Waals surface area contributed by atoms with E-state index in [1.807, 2.05) is 6.92 Å². The van der Waals surface area contributed by atoms with Crippen LogP contribution in [0.3, 0.4) is 0 Å². The van der Waals surface area contributed by atoms with Gasteiger partial charge in [0.2, 0.25) is 0 Å². The molecule has 0 saturated heterocycles. The number of nitro benzene ring substituents is 1. The molecule has 2 rings (SSSR count). The highest BCUT2D eigenvalue weighted by atomic mass is 16.6. The van der Waals surface area contributed by atoms with Gasteiger partial charge in [-0.25, -0.2) is 0 Å². The van der Waals surface area contributed by atoms with Crippen molar-refractivity contribution < 1.29 is 4.92 Å². The third kappa shape index (κ3) is 1.98.